The number of para-hydroxylation sites is 1. The number of amides is 4. The van der Waals surface area contributed by atoms with Gasteiger partial charge in [-0.05, 0) is 93.8 Å². The fourth-order valence-corrected chi connectivity index (χ4v) is 21.4. The first-order valence-corrected chi connectivity index (χ1v) is 47.6. The van der Waals surface area contributed by atoms with Gasteiger partial charge in [-0.15, -0.1) is 0 Å². The maximum Gasteiger partial charge on any atom is 0.351 e. The van der Waals surface area contributed by atoms with Gasteiger partial charge in [-0.1, -0.05) is 91.7 Å². The van der Waals surface area contributed by atoms with Crippen molar-refractivity contribution in [1.29, 1.82) is 16.2 Å². The second kappa shape index (κ2) is 37.8. The van der Waals surface area contributed by atoms with Crippen LogP contribution in [-0.4, -0.2) is 170 Å². The van der Waals surface area contributed by atoms with Gasteiger partial charge in [-0.3, -0.25) is 50.6 Å². The van der Waals surface area contributed by atoms with E-state index in [0.29, 0.717) is 95.6 Å². The minimum Gasteiger partial charge on any atom is -0.493 e. The lowest BCUT2D eigenvalue weighted by molar-refractivity contribution is -0.670. The first kappa shape index (κ1) is 93.5. The molecule has 5 N–H and O–H groups in total. The van der Waals surface area contributed by atoms with Crippen molar-refractivity contribution in [1.82, 2.24) is 68.2 Å². The van der Waals surface area contributed by atoms with Crippen molar-refractivity contribution in [2.24, 2.45) is 14.1 Å². The van der Waals surface area contributed by atoms with Crippen LogP contribution < -0.4 is 48.7 Å². The highest BCUT2D eigenvalue weighted by atomic mass is 19.2. The summed E-state index contributed by atoms with van der Waals surface area (Å²) < 4.78 is 105. The number of nitrogens with zero attached hydrogens (tertiary/aromatic N) is 17. The number of anilines is 3. The van der Waals surface area contributed by atoms with Crippen molar-refractivity contribution in [3.63, 3.8) is 0 Å². The molecular weight excluding hydrogens is 1890 g/mol. The van der Waals surface area contributed by atoms with Gasteiger partial charge in [0, 0.05) is 133 Å². The number of hydrogen-bond donors (Lipinski definition) is 5. The Hall–Kier alpha value is -18.5. The summed E-state index contributed by atoms with van der Waals surface area (Å²) in [5, 5.41) is 39.7. The first-order valence-electron chi connectivity index (χ1n) is 47.6. The molecule has 0 bridgehead atoms. The van der Waals surface area contributed by atoms with Crippen LogP contribution in [0.2, 0.25) is 0 Å². The molecule has 0 saturated carbocycles. The number of hydrogen-bond acceptors (Lipinski definition) is 25. The molecule has 0 aliphatic carbocycles. The predicted octanol–water partition coefficient (Wildman–Crippen LogP) is 16.7. The number of imidazole rings is 5. The smallest absolute Gasteiger partial charge is 0.351 e. The molecule has 15 heterocycles. The van der Waals surface area contributed by atoms with Crippen molar-refractivity contribution < 1.29 is 88.7 Å². The van der Waals surface area contributed by atoms with Crippen molar-refractivity contribution in [3.05, 3.63) is 305 Å². The minimum absolute atomic E-state index is 0.152. The Kier molecular flexibility index (Phi) is 24.0. The number of cyclic esters (lactones) is 3. The van der Waals surface area contributed by atoms with Crippen LogP contribution in [-0.2, 0) is 28.3 Å². The zero-order valence-electron chi connectivity index (χ0n) is 79.9. The molecule has 0 spiro atoms. The average Bonchev–Trinajstić information content (AvgIpc) is 1.65. The summed E-state index contributed by atoms with van der Waals surface area (Å²) in [6.07, 6.45) is 36.5. The van der Waals surface area contributed by atoms with Crippen molar-refractivity contribution >= 4 is 141 Å². The Balaban J connectivity index is 0.000000105. The summed E-state index contributed by atoms with van der Waals surface area (Å²) in [5.41, 5.74) is 11.6. The summed E-state index contributed by atoms with van der Waals surface area (Å²) in [6, 6.07) is 37.0. The minimum atomic E-state index is -2.03. The molecule has 8 aliphatic rings. The van der Waals surface area contributed by atoms with Crippen LogP contribution >= 0.6 is 0 Å². The molecule has 8 aliphatic heterocycles. The molecule has 0 unspecified atom stereocenters. The number of esters is 3. The highest BCUT2D eigenvalue weighted by Gasteiger charge is 2.47. The maximum atomic E-state index is 15.1. The average molecular weight is 1980 g/mol. The highest BCUT2D eigenvalue weighted by molar-refractivity contribution is 6.33. The largest absolute Gasteiger partial charge is 0.493 e. The summed E-state index contributed by atoms with van der Waals surface area (Å²) in [4.78, 5) is 118. The Bertz CT molecular complexity index is 8370. The highest BCUT2D eigenvalue weighted by Crippen LogP contribution is 2.52. The predicted molar refractivity (Wildman–Crippen MR) is 534 cm³/mol. The molecule has 26 rings (SSSR count). The van der Waals surface area contributed by atoms with E-state index in [-0.39, 0.29) is 40.3 Å². The van der Waals surface area contributed by atoms with Crippen LogP contribution in [0.1, 0.15) is 165 Å². The topological polar surface area (TPSA) is 395 Å². The molecule has 147 heavy (non-hydrogen) atoms. The van der Waals surface area contributed by atoms with Gasteiger partial charge >= 0.3 is 17.9 Å². The van der Waals surface area contributed by atoms with Crippen molar-refractivity contribution in [3.8, 4) is 57.1 Å². The molecule has 4 amide bonds. The second-order valence-corrected chi connectivity index (χ2v) is 36.3. The molecule has 0 radical (unpaired) electrons. The zero-order chi connectivity index (χ0) is 102. The van der Waals surface area contributed by atoms with Gasteiger partial charge in [-0.2, -0.15) is 14.2 Å². The normalized spacial score (nSPS) is 15.1. The molecule has 3 fully saturated rings. The van der Waals surface area contributed by atoms with Crippen LogP contribution in [0.15, 0.2) is 215 Å². The summed E-state index contributed by atoms with van der Waals surface area (Å²) in [7, 11) is 7.02. The Morgan fingerprint density at radius 3 is 1.24 bits per heavy atom. The number of piperidine rings is 2. The number of fused-ring (bicyclic) bond motifs is 11. The molecule has 7 aromatic heterocycles. The van der Waals surface area contributed by atoms with E-state index in [1.54, 1.807) is 96.1 Å². The zero-order valence-corrected chi connectivity index (χ0v) is 79.9. The molecule has 11 aromatic carbocycles. The number of nitrogens with one attached hydrogen (secondary N) is 5. The summed E-state index contributed by atoms with van der Waals surface area (Å²) in [5.74, 6) is -11.1. The van der Waals surface area contributed by atoms with E-state index < -0.39 is 81.3 Å². The number of rotatable bonds is 13. The standard InChI is InChI=1S/C25H24N6O4.C22H20N4O3.C22H25N3O2.C21H10F4N4O2.C18H11N5O2/c1-33-17-9-14-15(10-18(17)34-2)22(31-13-29-16-11-27-12-28-24(16)31)20-19(23(26)35-25(20)32)21(14)30-7-5-3-4-6-8-30;1-13-9-23(3)11-25(13)19-15-7-5-6-8-16(15)20(26-12-24(4)10-14(26)2)18-17(19)21(27)29-22(18)28;26-21-17-18(22(27)23-21)20(25-13-7-2-8-14-25)16-10-4-3-9-15(16)19(17)24-11-5-1-6-12-24;22-14-10-11(15(23)17(25)16(14)24)19(30-9-5-2-1-3-6-9)13-12(20(26)31-21(13)27)18(10)29-8-4-7-28-29;24-17-13-14(18(25)21-17)16(23-8-6-20-10-23)12-4-2-1-3-11(12)15(13)22-7-5-19-9-22/h9-13,26H,3-8H2,1-2H3;5-12H,1-4H3;3-4,9-10H,1-2,5-8,11-14H2,(H,23,26,27);1-8,26-27H;1-10H,(H,21,24,25)/q;+2;;;. The van der Waals surface area contributed by atoms with Crippen LogP contribution in [0.25, 0.3) is 99.2 Å². The molecule has 736 valence electrons. The lowest BCUT2D eigenvalue weighted by Crippen LogP contribution is -2.33. The van der Waals surface area contributed by atoms with Gasteiger partial charge in [0.25, 0.3) is 23.6 Å². The fraction of sp³-hybridized carbons (Fsp3) is 0.204. The third-order valence-electron chi connectivity index (χ3n) is 27.5. The van der Waals surface area contributed by atoms with Crippen LogP contribution in [0.3, 0.4) is 0 Å². The monoisotopic (exact) mass is 1980 g/mol. The van der Waals surface area contributed by atoms with Crippen LogP contribution in [0.5, 0.6) is 23.0 Å². The van der Waals surface area contributed by atoms with Gasteiger partial charge in [0.2, 0.25) is 30.3 Å². The SMILES string of the molecule is COc1cc2c(N3CCCCCC3)c3c(c(-n4cnc5cncnc54)c2cc1OC)C(=O)OC3=N.Cc1c[n+](C)cn1-c1c2c(c(-n3c[n+](C)cc3C)c3ccccc13)C(=O)OC2=O.N=C1OC(=N)c2c1c(Oc1ccccc1)c1c(F)c(F)c(F)c(F)c1c2-n1cccn1.O=C1NC(=O)c2c1c(-n1ccnc1)c1ccccc1c2-n1ccnc1.O=C1NC(=O)c2c1c(N1CCCCC1)c1ccccc1c2N1CCCCC1. The fourth-order valence-electron chi connectivity index (χ4n) is 21.4. The van der Waals surface area contributed by atoms with Gasteiger partial charge < -0.3 is 52.3 Å². The second-order valence-electron chi connectivity index (χ2n) is 36.3. The van der Waals surface area contributed by atoms with Crippen LogP contribution in [0, 0.1) is 53.3 Å². The number of aromatic nitrogens is 14. The van der Waals surface area contributed by atoms with Crippen molar-refractivity contribution in [2.75, 3.05) is 68.2 Å². The quantitative estimate of drug-likeness (QED) is 0.0136. The van der Waals surface area contributed by atoms with Crippen molar-refractivity contribution in [2.45, 2.75) is 78.1 Å². The number of carbonyl (C=O) groups excluding carboxylic acids is 7. The van der Waals surface area contributed by atoms with E-state index >= 15 is 8.78 Å². The third kappa shape index (κ3) is 15.8. The number of methoxy groups -OCH3 is 2. The van der Waals surface area contributed by atoms with E-state index in [2.05, 4.69) is 67.5 Å². The number of ether oxygens (including phenoxy) is 6. The number of carbonyl (C=O) groups is 7. The van der Waals surface area contributed by atoms with Gasteiger partial charge in [0.1, 0.15) is 58.8 Å². The van der Waals surface area contributed by atoms with E-state index in [1.807, 2.05) is 144 Å². The Morgan fingerprint density at radius 2 is 0.789 bits per heavy atom. The van der Waals surface area contributed by atoms with Gasteiger partial charge in [0.15, 0.2) is 57.5 Å². The van der Waals surface area contributed by atoms with Gasteiger partial charge in [0.05, 0.1) is 142 Å². The summed E-state index contributed by atoms with van der Waals surface area (Å²) in [6.45, 7) is 9.38. The number of halogens is 4. The molecule has 3 saturated heterocycles. The molecule has 39 heteroatoms. The lowest BCUT2D eigenvalue weighted by atomic mass is 9.93. The van der Waals surface area contributed by atoms with E-state index in [4.69, 9.17) is 44.6 Å². The Labute approximate surface area is 832 Å². The lowest BCUT2D eigenvalue weighted by Gasteiger charge is -2.35. The van der Waals surface area contributed by atoms with Crippen LogP contribution in [0.4, 0.5) is 34.6 Å². The van der Waals surface area contributed by atoms with Gasteiger partial charge in [-0.25, -0.2) is 70.7 Å². The molecular formula is C108H90F4N22O13+2. The first-order chi connectivity index (χ1) is 71.4. The van der Waals surface area contributed by atoms with E-state index in [0.717, 1.165) is 167 Å². The molecule has 35 nitrogen and oxygen atoms in total. The number of imide groups is 2. The van der Waals surface area contributed by atoms with E-state index in [9.17, 15) is 42.3 Å². The maximum absolute atomic E-state index is 15.1. The Morgan fingerprint density at radius 1 is 0.388 bits per heavy atom. The molecule has 18 aromatic rings. The number of benzene rings is 11. The third-order valence-corrected chi connectivity index (χ3v) is 27.5. The van der Waals surface area contributed by atoms with E-state index in [1.165, 1.54) is 49.8 Å². The summed E-state index contributed by atoms with van der Waals surface area (Å²) >= 11 is 0. The number of aryl methyl sites for hydroxylation is 4. The molecule has 0 atom stereocenters.